The van der Waals surface area contributed by atoms with Crippen LogP contribution in [0.15, 0.2) is 28.0 Å². The molecule has 1 aromatic rings. The van der Waals surface area contributed by atoms with Gasteiger partial charge in [0.1, 0.15) is 5.75 Å². The number of fused-ring (bicyclic) bond motifs is 1. The summed E-state index contributed by atoms with van der Waals surface area (Å²) in [6.07, 6.45) is 1.33. The zero-order valence-electron chi connectivity index (χ0n) is 10.6. The molecule has 1 aliphatic heterocycles. The van der Waals surface area contributed by atoms with Crippen LogP contribution in [0.3, 0.4) is 0 Å². The average Bonchev–Trinajstić information content (AvgIpc) is 2.60. The Morgan fingerprint density at radius 1 is 1.42 bits per heavy atom. The third-order valence-corrected chi connectivity index (χ3v) is 5.16. The van der Waals surface area contributed by atoms with Crippen LogP contribution in [-0.2, 0) is 14.6 Å². The third-order valence-electron chi connectivity index (χ3n) is 3.08. The third kappa shape index (κ3) is 2.35. The van der Waals surface area contributed by atoms with Gasteiger partial charge in [-0.2, -0.15) is 0 Å². The van der Waals surface area contributed by atoms with Crippen LogP contribution in [-0.4, -0.2) is 26.6 Å². The van der Waals surface area contributed by atoms with Crippen molar-refractivity contribution >= 4 is 21.9 Å². The Kier molecular flexibility index (Phi) is 3.36. The van der Waals surface area contributed by atoms with Crippen molar-refractivity contribution in [2.45, 2.75) is 18.2 Å². The van der Waals surface area contributed by atoms with Gasteiger partial charge >= 0.3 is 5.97 Å². The summed E-state index contributed by atoms with van der Waals surface area (Å²) in [4.78, 5) is 11.0. The number of carboxylic acid groups (broad SMARTS) is 1. The summed E-state index contributed by atoms with van der Waals surface area (Å²) >= 11 is 0. The molecule has 0 aromatic heterocycles. The molecule has 0 radical (unpaired) electrons. The van der Waals surface area contributed by atoms with Gasteiger partial charge in [0, 0.05) is 5.92 Å². The van der Waals surface area contributed by atoms with E-state index in [0.717, 1.165) is 0 Å². The summed E-state index contributed by atoms with van der Waals surface area (Å²) < 4.78 is 29.7. The minimum Gasteiger partial charge on any atom is -0.497 e. The zero-order chi connectivity index (χ0) is 14.2. The van der Waals surface area contributed by atoms with Crippen molar-refractivity contribution in [3.05, 3.63) is 28.7 Å². The van der Waals surface area contributed by atoms with E-state index in [0.29, 0.717) is 11.3 Å². The molecule has 1 aromatic carbocycles. The van der Waals surface area contributed by atoms with E-state index in [4.69, 9.17) is 9.84 Å². The molecule has 0 bridgehead atoms. The number of hydrogen-bond donors (Lipinski definition) is 1. The summed E-state index contributed by atoms with van der Waals surface area (Å²) in [7, 11) is -2.14. The Labute approximate surface area is 111 Å². The van der Waals surface area contributed by atoms with E-state index in [1.807, 2.05) is 0 Å². The summed E-state index contributed by atoms with van der Waals surface area (Å²) in [5.41, 5.74) is 0.577. The Balaban J connectivity index is 2.45. The van der Waals surface area contributed by atoms with E-state index in [1.165, 1.54) is 19.3 Å². The molecular weight excluding hydrogens is 268 g/mol. The predicted octanol–water partition coefficient (Wildman–Crippen LogP) is 1.93. The van der Waals surface area contributed by atoms with Crippen molar-refractivity contribution in [2.75, 3.05) is 7.11 Å². The highest BCUT2D eigenvalue weighted by molar-refractivity contribution is 7.95. The van der Waals surface area contributed by atoms with E-state index >= 15 is 0 Å². The van der Waals surface area contributed by atoms with Gasteiger partial charge in [0.05, 0.1) is 23.3 Å². The monoisotopic (exact) mass is 282 g/mol. The standard InChI is InChI=1S/C13H14O5S/c1-8(5-13(14)15)11-6-9-3-4-10(18-2)7-12(9)19(11,16)17/h3-4,6-8H,5H2,1-2H3,(H,14,15). The van der Waals surface area contributed by atoms with Gasteiger partial charge in [-0.05, 0) is 29.8 Å². The van der Waals surface area contributed by atoms with Crippen LogP contribution in [0, 0.1) is 5.92 Å². The molecule has 6 heteroatoms. The van der Waals surface area contributed by atoms with Gasteiger partial charge in [0.15, 0.2) is 0 Å². The molecule has 19 heavy (non-hydrogen) atoms. The van der Waals surface area contributed by atoms with Crippen LogP contribution in [0.1, 0.15) is 18.9 Å². The lowest BCUT2D eigenvalue weighted by molar-refractivity contribution is -0.137. The molecule has 0 spiro atoms. The number of carboxylic acids is 1. The zero-order valence-corrected chi connectivity index (χ0v) is 11.4. The van der Waals surface area contributed by atoms with Gasteiger partial charge in [0.25, 0.3) is 0 Å². The Bertz CT molecular complexity index is 658. The molecule has 0 fully saturated rings. The van der Waals surface area contributed by atoms with Gasteiger partial charge in [-0.1, -0.05) is 6.92 Å². The molecule has 0 amide bonds. The van der Waals surface area contributed by atoms with Crippen LogP contribution in [0.4, 0.5) is 0 Å². The Morgan fingerprint density at radius 3 is 2.68 bits per heavy atom. The van der Waals surface area contributed by atoms with Crippen LogP contribution in [0.25, 0.3) is 6.08 Å². The van der Waals surface area contributed by atoms with Gasteiger partial charge in [-0.25, -0.2) is 8.42 Å². The molecule has 2 rings (SSSR count). The average molecular weight is 282 g/mol. The van der Waals surface area contributed by atoms with E-state index in [-0.39, 0.29) is 16.2 Å². The Morgan fingerprint density at radius 2 is 2.11 bits per heavy atom. The second kappa shape index (κ2) is 4.70. The Hall–Kier alpha value is -1.82. The molecule has 1 aliphatic rings. The number of methoxy groups -OCH3 is 1. The molecule has 102 valence electrons. The molecule has 0 saturated carbocycles. The van der Waals surface area contributed by atoms with Crippen molar-refractivity contribution in [3.8, 4) is 5.75 Å². The first-order chi connectivity index (χ1) is 8.86. The number of benzene rings is 1. The number of rotatable bonds is 4. The molecule has 1 N–H and O–H groups in total. The number of hydrogen-bond acceptors (Lipinski definition) is 4. The minimum atomic E-state index is -3.61. The van der Waals surface area contributed by atoms with Crippen LogP contribution >= 0.6 is 0 Å². The normalized spacial score (nSPS) is 17.5. The number of aliphatic carboxylic acids is 1. The van der Waals surface area contributed by atoms with E-state index in [1.54, 1.807) is 19.1 Å². The lowest BCUT2D eigenvalue weighted by Crippen LogP contribution is -2.12. The maximum atomic E-state index is 12.4. The molecule has 5 nitrogen and oxygen atoms in total. The number of ether oxygens (including phenoxy) is 1. The van der Waals surface area contributed by atoms with Gasteiger partial charge in [-0.3, -0.25) is 4.79 Å². The number of sulfone groups is 1. The lowest BCUT2D eigenvalue weighted by Gasteiger charge is -2.10. The topological polar surface area (TPSA) is 80.7 Å². The smallest absolute Gasteiger partial charge is 0.303 e. The minimum absolute atomic E-state index is 0.151. The second-order valence-electron chi connectivity index (χ2n) is 4.45. The fraction of sp³-hybridized carbons (Fsp3) is 0.308. The van der Waals surface area contributed by atoms with Crippen molar-refractivity contribution in [3.63, 3.8) is 0 Å². The van der Waals surface area contributed by atoms with Crippen molar-refractivity contribution in [1.82, 2.24) is 0 Å². The highest BCUT2D eigenvalue weighted by Gasteiger charge is 2.33. The quantitative estimate of drug-likeness (QED) is 0.912. The molecule has 0 saturated heterocycles. The van der Waals surface area contributed by atoms with Crippen LogP contribution < -0.4 is 4.74 Å². The highest BCUT2D eigenvalue weighted by Crippen LogP contribution is 2.39. The highest BCUT2D eigenvalue weighted by atomic mass is 32.2. The summed E-state index contributed by atoms with van der Waals surface area (Å²) in [5.74, 6) is -1.11. The first kappa shape index (κ1) is 13.6. The van der Waals surface area contributed by atoms with Crippen molar-refractivity contribution < 1.29 is 23.1 Å². The van der Waals surface area contributed by atoms with Crippen molar-refractivity contribution in [1.29, 1.82) is 0 Å². The summed E-state index contributed by atoms with van der Waals surface area (Å²) in [6, 6.07) is 4.80. The van der Waals surface area contributed by atoms with Crippen LogP contribution in [0.2, 0.25) is 0 Å². The SMILES string of the molecule is COc1ccc2c(c1)S(=O)(=O)C(C(C)CC(=O)O)=C2. The van der Waals surface area contributed by atoms with Gasteiger partial charge in [0.2, 0.25) is 9.84 Å². The maximum absolute atomic E-state index is 12.4. The molecule has 0 aliphatic carbocycles. The molecular formula is C13H14O5S. The number of carbonyl (C=O) groups is 1. The first-order valence-electron chi connectivity index (χ1n) is 5.72. The summed E-state index contributed by atoms with van der Waals surface area (Å²) in [5, 5.41) is 8.77. The van der Waals surface area contributed by atoms with Crippen molar-refractivity contribution in [2.24, 2.45) is 5.92 Å². The molecule has 1 heterocycles. The summed E-state index contributed by atoms with van der Waals surface area (Å²) in [6.45, 7) is 1.60. The number of allylic oxidation sites excluding steroid dienone is 1. The molecule has 1 atom stereocenters. The lowest BCUT2D eigenvalue weighted by atomic mass is 10.1. The fourth-order valence-electron chi connectivity index (χ4n) is 2.12. The van der Waals surface area contributed by atoms with E-state index in [9.17, 15) is 13.2 Å². The van der Waals surface area contributed by atoms with Crippen LogP contribution in [0.5, 0.6) is 5.75 Å². The van der Waals surface area contributed by atoms with E-state index in [2.05, 4.69) is 0 Å². The second-order valence-corrected chi connectivity index (χ2v) is 6.37. The molecule has 1 unspecified atom stereocenters. The van der Waals surface area contributed by atoms with Gasteiger partial charge < -0.3 is 9.84 Å². The van der Waals surface area contributed by atoms with E-state index < -0.39 is 21.7 Å². The fourth-order valence-corrected chi connectivity index (χ4v) is 3.98. The first-order valence-corrected chi connectivity index (χ1v) is 7.21. The largest absolute Gasteiger partial charge is 0.497 e. The van der Waals surface area contributed by atoms with Gasteiger partial charge in [-0.15, -0.1) is 0 Å². The maximum Gasteiger partial charge on any atom is 0.303 e. The predicted molar refractivity (Wildman–Crippen MR) is 69.6 cm³/mol.